The number of aliphatic hydroxyl groups is 2. The maximum atomic E-state index is 10.3. The highest BCUT2D eigenvalue weighted by Crippen LogP contribution is 2.32. The number of aromatic nitrogens is 6. The van der Waals surface area contributed by atoms with E-state index in [-0.39, 0.29) is 6.10 Å². The second kappa shape index (κ2) is 8.57. The van der Waals surface area contributed by atoms with Crippen molar-refractivity contribution >= 4 is 17.0 Å². The Morgan fingerprint density at radius 1 is 1.09 bits per heavy atom. The first kappa shape index (κ1) is 21.5. The summed E-state index contributed by atoms with van der Waals surface area (Å²) < 4.78 is 3.74. The fourth-order valence-corrected chi connectivity index (χ4v) is 4.45. The first-order valence-electron chi connectivity index (χ1n) is 11.4. The van der Waals surface area contributed by atoms with Gasteiger partial charge in [0.1, 0.15) is 11.9 Å². The smallest absolute Gasteiger partial charge is 0.166 e. The topological polar surface area (TPSA) is 105 Å². The van der Waals surface area contributed by atoms with Crippen LogP contribution in [-0.2, 0) is 13.6 Å². The van der Waals surface area contributed by atoms with Gasteiger partial charge in [-0.1, -0.05) is 18.2 Å². The van der Waals surface area contributed by atoms with Crippen LogP contribution < -0.4 is 4.90 Å². The summed E-state index contributed by atoms with van der Waals surface area (Å²) in [4.78, 5) is 16.8. The zero-order valence-corrected chi connectivity index (χ0v) is 19.2. The number of anilines is 1. The van der Waals surface area contributed by atoms with Crippen LogP contribution in [0, 0.1) is 0 Å². The van der Waals surface area contributed by atoms with Gasteiger partial charge < -0.3 is 19.7 Å². The normalized spacial score (nSPS) is 16.0. The van der Waals surface area contributed by atoms with Gasteiger partial charge >= 0.3 is 0 Å². The number of fused-ring (bicyclic) bond motifs is 1. The number of piperidine rings is 1. The average Bonchev–Trinajstić information content (AvgIpc) is 3.42. The predicted molar refractivity (Wildman–Crippen MR) is 127 cm³/mol. The Bertz CT molecular complexity index is 1290. The number of rotatable bonds is 5. The molecule has 1 atom stereocenters. The molecule has 0 bridgehead atoms. The van der Waals surface area contributed by atoms with E-state index in [2.05, 4.69) is 16.1 Å². The van der Waals surface area contributed by atoms with E-state index in [9.17, 15) is 10.2 Å². The molecule has 1 aliphatic heterocycles. The van der Waals surface area contributed by atoms with Gasteiger partial charge in [0.05, 0.1) is 11.8 Å². The molecule has 5 rings (SSSR count). The molecule has 3 aromatic heterocycles. The third-order valence-corrected chi connectivity index (χ3v) is 6.19. The summed E-state index contributed by atoms with van der Waals surface area (Å²) in [6, 6.07) is 10.0. The van der Waals surface area contributed by atoms with Gasteiger partial charge in [-0.25, -0.2) is 15.0 Å². The lowest BCUT2D eigenvalue weighted by atomic mass is 10.1. The Morgan fingerprint density at radius 3 is 2.52 bits per heavy atom. The minimum absolute atomic E-state index is 0.283. The Balaban J connectivity index is 1.68. The molecule has 9 nitrogen and oxygen atoms in total. The Hall–Kier alpha value is -3.30. The molecule has 4 aromatic rings. The summed E-state index contributed by atoms with van der Waals surface area (Å²) in [7, 11) is 1.90. The summed E-state index contributed by atoms with van der Waals surface area (Å²) in [6.07, 6.45) is 2.30. The van der Waals surface area contributed by atoms with Crippen LogP contribution in [-0.4, -0.2) is 58.7 Å². The maximum absolute atomic E-state index is 10.3. The first-order chi connectivity index (χ1) is 15.9. The number of aliphatic hydroxyl groups excluding tert-OH is 2. The molecule has 1 fully saturated rings. The number of imidazole rings is 1. The Labute approximate surface area is 192 Å². The molecule has 33 heavy (non-hydrogen) atoms. The molecule has 0 saturated carbocycles. The zero-order chi connectivity index (χ0) is 23.1. The molecule has 2 N–H and O–H groups in total. The third kappa shape index (κ3) is 3.98. The van der Waals surface area contributed by atoms with Gasteiger partial charge in [0.25, 0.3) is 0 Å². The number of nitrogens with zero attached hydrogens (tertiary/aromatic N) is 7. The van der Waals surface area contributed by atoms with Crippen LogP contribution in [0.15, 0.2) is 36.5 Å². The van der Waals surface area contributed by atoms with Crippen molar-refractivity contribution in [2.45, 2.75) is 45.4 Å². The highest BCUT2D eigenvalue weighted by molar-refractivity contribution is 5.86. The lowest BCUT2D eigenvalue weighted by Crippen LogP contribution is -2.36. The van der Waals surface area contributed by atoms with Crippen LogP contribution in [0.1, 0.15) is 38.6 Å². The molecular formula is C24H29N7O2. The van der Waals surface area contributed by atoms with Gasteiger partial charge in [-0.2, -0.15) is 5.10 Å². The van der Waals surface area contributed by atoms with E-state index in [0.29, 0.717) is 55.3 Å². The highest BCUT2D eigenvalue weighted by atomic mass is 16.3. The van der Waals surface area contributed by atoms with Crippen molar-refractivity contribution in [2.75, 3.05) is 18.0 Å². The molecule has 4 heterocycles. The van der Waals surface area contributed by atoms with Crippen molar-refractivity contribution in [2.24, 2.45) is 7.05 Å². The van der Waals surface area contributed by atoms with Crippen LogP contribution in [0.25, 0.3) is 33.8 Å². The lowest BCUT2D eigenvalue weighted by molar-refractivity contribution is 0.145. The fraction of sp³-hybridized carbons (Fsp3) is 0.417. The predicted octanol–water partition coefficient (Wildman–Crippen LogP) is 2.93. The van der Waals surface area contributed by atoms with E-state index in [1.165, 1.54) is 0 Å². The van der Waals surface area contributed by atoms with Gasteiger partial charge in [0.2, 0.25) is 0 Å². The summed E-state index contributed by atoms with van der Waals surface area (Å²) in [5.41, 5.74) is 4.17. The van der Waals surface area contributed by atoms with Gasteiger partial charge in [-0.15, -0.1) is 0 Å². The Morgan fingerprint density at radius 2 is 1.85 bits per heavy atom. The molecule has 172 valence electrons. The quantitative estimate of drug-likeness (QED) is 0.485. The van der Waals surface area contributed by atoms with E-state index >= 15 is 0 Å². The molecule has 0 radical (unpaired) electrons. The van der Waals surface area contributed by atoms with Gasteiger partial charge in [-0.3, -0.25) is 4.68 Å². The van der Waals surface area contributed by atoms with Crippen molar-refractivity contribution in [3.63, 3.8) is 0 Å². The molecule has 1 saturated heterocycles. The van der Waals surface area contributed by atoms with E-state index in [1.54, 1.807) is 11.6 Å². The van der Waals surface area contributed by atoms with Gasteiger partial charge in [-0.05, 0) is 38.8 Å². The van der Waals surface area contributed by atoms with Crippen molar-refractivity contribution in [1.29, 1.82) is 0 Å². The number of benzene rings is 1. The number of hydrogen-bond acceptors (Lipinski definition) is 7. The molecule has 1 unspecified atom stereocenters. The summed E-state index contributed by atoms with van der Waals surface area (Å²) >= 11 is 0. The third-order valence-electron chi connectivity index (χ3n) is 6.19. The zero-order valence-electron chi connectivity index (χ0n) is 19.2. The number of hydrogen-bond donors (Lipinski definition) is 2. The lowest BCUT2D eigenvalue weighted by Gasteiger charge is -2.30. The molecule has 0 aliphatic carbocycles. The van der Waals surface area contributed by atoms with Crippen molar-refractivity contribution in [3.8, 4) is 22.6 Å². The van der Waals surface area contributed by atoms with E-state index in [4.69, 9.17) is 15.0 Å². The van der Waals surface area contributed by atoms with Crippen molar-refractivity contribution in [3.05, 3.63) is 42.4 Å². The minimum atomic E-state index is -0.717. The SMILES string of the molecule is CCn1c(C(C)O)nc2c(N3CCC(O)CC3)nc(-c3cccc(-c4ccn(C)n4)c3)nc21. The molecule has 1 aromatic carbocycles. The van der Waals surface area contributed by atoms with E-state index in [1.807, 2.05) is 49.0 Å². The molecule has 0 spiro atoms. The van der Waals surface area contributed by atoms with Crippen LogP contribution in [0.4, 0.5) is 5.82 Å². The summed E-state index contributed by atoms with van der Waals surface area (Å²) in [5.74, 6) is 1.94. The molecule has 9 heteroatoms. The maximum Gasteiger partial charge on any atom is 0.166 e. The molecular weight excluding hydrogens is 418 g/mol. The largest absolute Gasteiger partial charge is 0.393 e. The second-order valence-corrected chi connectivity index (χ2v) is 8.61. The average molecular weight is 448 g/mol. The first-order valence-corrected chi connectivity index (χ1v) is 11.4. The minimum Gasteiger partial charge on any atom is -0.393 e. The van der Waals surface area contributed by atoms with Crippen LogP contribution in [0.2, 0.25) is 0 Å². The summed E-state index contributed by atoms with van der Waals surface area (Å²) in [5, 5.41) is 24.9. The monoisotopic (exact) mass is 447 g/mol. The standard InChI is InChI=1S/C24H29N7O2/c1-4-31-22(15(2)32)25-20-23(30-12-8-18(33)9-13-30)26-21(27-24(20)31)17-7-5-6-16(14-17)19-10-11-29(3)28-19/h5-7,10-11,14-15,18,32-33H,4,8-9,12-13H2,1-3H3. The van der Waals surface area contributed by atoms with Crippen LogP contribution >= 0.6 is 0 Å². The summed E-state index contributed by atoms with van der Waals surface area (Å²) in [6.45, 7) is 5.77. The Kier molecular flexibility index (Phi) is 5.59. The molecule has 1 aliphatic rings. The van der Waals surface area contributed by atoms with Crippen molar-refractivity contribution < 1.29 is 10.2 Å². The van der Waals surface area contributed by atoms with Crippen molar-refractivity contribution in [1.82, 2.24) is 29.3 Å². The van der Waals surface area contributed by atoms with E-state index in [0.717, 1.165) is 22.6 Å². The highest BCUT2D eigenvalue weighted by Gasteiger charge is 2.26. The van der Waals surface area contributed by atoms with Gasteiger partial charge in [0.15, 0.2) is 22.8 Å². The van der Waals surface area contributed by atoms with Crippen LogP contribution in [0.5, 0.6) is 0 Å². The fourth-order valence-electron chi connectivity index (χ4n) is 4.45. The van der Waals surface area contributed by atoms with Gasteiger partial charge in [0, 0.05) is 44.0 Å². The van der Waals surface area contributed by atoms with Crippen LogP contribution in [0.3, 0.4) is 0 Å². The number of aryl methyl sites for hydroxylation is 2. The van der Waals surface area contributed by atoms with E-state index < -0.39 is 6.10 Å². The second-order valence-electron chi connectivity index (χ2n) is 8.61. The molecule has 0 amide bonds.